The second-order valence-corrected chi connectivity index (χ2v) is 3.93. The third kappa shape index (κ3) is 3.20. The van der Waals surface area contributed by atoms with Crippen LogP contribution < -0.4 is 5.32 Å². The second-order valence-electron chi connectivity index (χ2n) is 3.66. The number of halogens is 1. The number of nitrogens with one attached hydrogen (secondary N) is 1. The average Bonchev–Trinajstić information content (AvgIpc) is 2.85. The molecule has 0 aliphatic carbocycles. The average molecular weight is 252 g/mol. The van der Waals surface area contributed by atoms with Crippen molar-refractivity contribution in [3.05, 3.63) is 41.3 Å². The van der Waals surface area contributed by atoms with Gasteiger partial charge < -0.3 is 9.73 Å². The van der Waals surface area contributed by atoms with Crippen molar-refractivity contribution in [3.63, 3.8) is 0 Å². The summed E-state index contributed by atoms with van der Waals surface area (Å²) in [6.07, 6.45) is 1.05. The zero-order chi connectivity index (χ0) is 12.1. The van der Waals surface area contributed by atoms with E-state index in [1.165, 1.54) is 11.1 Å². The lowest BCUT2D eigenvalue weighted by atomic mass is 10.1. The largest absolute Gasteiger partial charge is 0.407 e. The molecule has 1 aromatic carbocycles. The summed E-state index contributed by atoms with van der Waals surface area (Å²) in [6, 6.07) is 8.82. The van der Waals surface area contributed by atoms with Crippen molar-refractivity contribution in [2.24, 2.45) is 0 Å². The first kappa shape index (κ1) is 11.9. The van der Waals surface area contributed by atoms with Gasteiger partial charge >= 0.3 is 6.01 Å². The van der Waals surface area contributed by atoms with Crippen LogP contribution in [0.2, 0.25) is 0 Å². The van der Waals surface area contributed by atoms with E-state index in [2.05, 4.69) is 46.7 Å². The molecule has 0 atom stereocenters. The highest BCUT2D eigenvalue weighted by Gasteiger charge is 2.03. The summed E-state index contributed by atoms with van der Waals surface area (Å²) in [4.78, 5) is 0. The van der Waals surface area contributed by atoms with Crippen LogP contribution in [0.1, 0.15) is 23.9 Å². The lowest BCUT2D eigenvalue weighted by molar-refractivity contribution is 0.525. The molecule has 0 radical (unpaired) electrons. The van der Waals surface area contributed by atoms with Gasteiger partial charge in [0, 0.05) is 6.54 Å². The molecule has 1 N–H and O–H groups in total. The van der Waals surface area contributed by atoms with Crippen LogP contribution in [0.5, 0.6) is 0 Å². The Morgan fingerprint density at radius 2 is 1.88 bits per heavy atom. The van der Waals surface area contributed by atoms with Crippen LogP contribution in [-0.4, -0.2) is 10.2 Å². The molecule has 2 rings (SSSR count). The summed E-state index contributed by atoms with van der Waals surface area (Å²) < 4.78 is 5.23. The van der Waals surface area contributed by atoms with E-state index in [0.717, 1.165) is 6.42 Å². The van der Waals surface area contributed by atoms with Crippen LogP contribution in [0.15, 0.2) is 28.7 Å². The van der Waals surface area contributed by atoms with Crippen molar-refractivity contribution < 1.29 is 4.42 Å². The zero-order valence-electron chi connectivity index (χ0n) is 9.61. The number of anilines is 1. The maximum Gasteiger partial charge on any atom is 0.315 e. The molecule has 5 heteroatoms. The molecule has 0 spiro atoms. The summed E-state index contributed by atoms with van der Waals surface area (Å²) in [6.45, 7) is 2.80. The summed E-state index contributed by atoms with van der Waals surface area (Å²) in [5.41, 5.74) is 2.50. The Kier molecular flexibility index (Phi) is 3.98. The Balaban J connectivity index is 1.92. The van der Waals surface area contributed by atoms with E-state index in [4.69, 9.17) is 16.0 Å². The predicted octanol–water partition coefficient (Wildman–Crippen LogP) is 2.98. The highest BCUT2D eigenvalue weighted by molar-refractivity contribution is 6.16. The quantitative estimate of drug-likeness (QED) is 0.830. The van der Waals surface area contributed by atoms with Gasteiger partial charge in [-0.1, -0.05) is 36.3 Å². The fourth-order valence-electron chi connectivity index (χ4n) is 1.45. The molecular formula is C12H14ClN3O. The number of aromatic nitrogens is 2. The number of aryl methyl sites for hydroxylation is 1. The van der Waals surface area contributed by atoms with Gasteiger partial charge in [0.15, 0.2) is 0 Å². The molecule has 0 aliphatic heterocycles. The Bertz CT molecular complexity index is 467. The van der Waals surface area contributed by atoms with E-state index in [-0.39, 0.29) is 5.88 Å². The highest BCUT2D eigenvalue weighted by atomic mass is 35.5. The number of benzene rings is 1. The van der Waals surface area contributed by atoms with Crippen molar-refractivity contribution in [3.8, 4) is 0 Å². The van der Waals surface area contributed by atoms with Crippen LogP contribution in [0.4, 0.5) is 6.01 Å². The van der Waals surface area contributed by atoms with Crippen molar-refractivity contribution >= 4 is 17.6 Å². The summed E-state index contributed by atoms with van der Waals surface area (Å²) in [7, 11) is 0. The molecule has 0 saturated heterocycles. The van der Waals surface area contributed by atoms with Crippen molar-refractivity contribution in [1.82, 2.24) is 10.2 Å². The number of alkyl halides is 1. The van der Waals surface area contributed by atoms with Gasteiger partial charge in [-0.3, -0.25) is 0 Å². The normalized spacial score (nSPS) is 10.5. The summed E-state index contributed by atoms with van der Waals surface area (Å²) in [5.74, 6) is 0.662. The van der Waals surface area contributed by atoms with E-state index < -0.39 is 0 Å². The minimum Gasteiger partial charge on any atom is -0.407 e. The molecular weight excluding hydrogens is 238 g/mol. The zero-order valence-corrected chi connectivity index (χ0v) is 10.4. The third-order valence-corrected chi connectivity index (χ3v) is 2.68. The predicted molar refractivity (Wildman–Crippen MR) is 67.0 cm³/mol. The van der Waals surface area contributed by atoms with Crippen LogP contribution in [0.25, 0.3) is 0 Å². The van der Waals surface area contributed by atoms with Gasteiger partial charge in [0.25, 0.3) is 0 Å². The number of rotatable bonds is 5. The molecule has 0 bridgehead atoms. The van der Waals surface area contributed by atoms with Crippen LogP contribution >= 0.6 is 11.6 Å². The van der Waals surface area contributed by atoms with Crippen LogP contribution in [0, 0.1) is 0 Å². The standard InChI is InChI=1S/C12H14ClN3O/c1-2-9-3-5-10(6-4-9)8-14-12-16-15-11(7-13)17-12/h3-6H,2,7-8H2,1H3,(H,14,16). The van der Waals surface area contributed by atoms with Crippen molar-refractivity contribution in [2.45, 2.75) is 25.8 Å². The van der Waals surface area contributed by atoms with E-state index in [1.807, 2.05) is 0 Å². The van der Waals surface area contributed by atoms with Gasteiger partial charge in [0.05, 0.1) is 0 Å². The molecule has 0 saturated carbocycles. The minimum atomic E-state index is 0.236. The number of nitrogens with zero attached hydrogens (tertiary/aromatic N) is 2. The van der Waals surface area contributed by atoms with Gasteiger partial charge in [-0.05, 0) is 17.5 Å². The van der Waals surface area contributed by atoms with E-state index in [0.29, 0.717) is 18.5 Å². The first-order chi connectivity index (χ1) is 8.31. The molecule has 4 nitrogen and oxygen atoms in total. The van der Waals surface area contributed by atoms with E-state index >= 15 is 0 Å². The molecule has 2 aromatic rings. The molecule has 90 valence electrons. The Labute approximate surface area is 105 Å². The van der Waals surface area contributed by atoms with Gasteiger partial charge in [-0.2, -0.15) is 0 Å². The molecule has 0 unspecified atom stereocenters. The smallest absolute Gasteiger partial charge is 0.315 e. The maximum absolute atomic E-state index is 5.57. The second kappa shape index (κ2) is 5.68. The molecule has 0 fully saturated rings. The molecule has 17 heavy (non-hydrogen) atoms. The molecule has 0 amide bonds. The first-order valence-electron chi connectivity index (χ1n) is 5.52. The fourth-order valence-corrected chi connectivity index (χ4v) is 1.56. The summed E-state index contributed by atoms with van der Waals surface area (Å²) >= 11 is 5.57. The topological polar surface area (TPSA) is 51.0 Å². The van der Waals surface area contributed by atoms with Crippen molar-refractivity contribution in [2.75, 3.05) is 5.32 Å². The van der Waals surface area contributed by atoms with Gasteiger partial charge in [0.1, 0.15) is 5.88 Å². The first-order valence-corrected chi connectivity index (χ1v) is 6.05. The third-order valence-electron chi connectivity index (χ3n) is 2.46. The maximum atomic E-state index is 5.57. The lowest BCUT2D eigenvalue weighted by Gasteiger charge is -2.02. The number of hydrogen-bond acceptors (Lipinski definition) is 4. The monoisotopic (exact) mass is 251 g/mol. The SMILES string of the molecule is CCc1ccc(CNc2nnc(CCl)o2)cc1. The Hall–Kier alpha value is -1.55. The van der Waals surface area contributed by atoms with Crippen molar-refractivity contribution in [1.29, 1.82) is 0 Å². The summed E-state index contributed by atoms with van der Waals surface area (Å²) in [5, 5.41) is 10.6. The minimum absolute atomic E-state index is 0.236. The van der Waals surface area contributed by atoms with E-state index in [1.54, 1.807) is 0 Å². The highest BCUT2D eigenvalue weighted by Crippen LogP contribution is 2.10. The van der Waals surface area contributed by atoms with E-state index in [9.17, 15) is 0 Å². The molecule has 1 aromatic heterocycles. The molecule has 1 heterocycles. The molecule has 0 aliphatic rings. The number of hydrogen-bond donors (Lipinski definition) is 1. The van der Waals surface area contributed by atoms with Gasteiger partial charge in [-0.25, -0.2) is 0 Å². The van der Waals surface area contributed by atoms with Crippen LogP contribution in [-0.2, 0) is 18.8 Å². The Morgan fingerprint density at radius 3 is 2.47 bits per heavy atom. The van der Waals surface area contributed by atoms with Gasteiger partial charge in [-0.15, -0.1) is 16.7 Å². The fraction of sp³-hybridized carbons (Fsp3) is 0.333. The van der Waals surface area contributed by atoms with Gasteiger partial charge in [0.2, 0.25) is 5.89 Å². The lowest BCUT2D eigenvalue weighted by Crippen LogP contribution is -1.99. The Morgan fingerprint density at radius 1 is 1.18 bits per heavy atom. The van der Waals surface area contributed by atoms with Crippen LogP contribution in [0.3, 0.4) is 0 Å².